The molecular formula is C11H14N4O2S. The predicted molar refractivity (Wildman–Crippen MR) is 67.4 cm³/mol. The van der Waals surface area contributed by atoms with Gasteiger partial charge in [-0.3, -0.25) is 0 Å². The van der Waals surface area contributed by atoms with E-state index in [0.717, 1.165) is 0 Å². The van der Waals surface area contributed by atoms with Gasteiger partial charge in [-0.25, -0.2) is 8.42 Å². The van der Waals surface area contributed by atoms with Crippen molar-refractivity contribution in [2.24, 2.45) is 12.8 Å². The summed E-state index contributed by atoms with van der Waals surface area (Å²) in [5.41, 5.74) is 6.22. The molecule has 1 heterocycles. The molecule has 0 bridgehead atoms. The molecular weight excluding hydrogens is 252 g/mol. The normalized spacial score (nSPS) is 11.7. The Hall–Kier alpha value is -1.73. The third-order valence-corrected chi connectivity index (χ3v) is 3.78. The van der Waals surface area contributed by atoms with Gasteiger partial charge < -0.3 is 10.3 Å². The number of sulfone groups is 1. The largest absolute Gasteiger partial charge is 0.324 e. The monoisotopic (exact) mass is 266 g/mol. The van der Waals surface area contributed by atoms with Crippen LogP contribution in [0.15, 0.2) is 29.2 Å². The van der Waals surface area contributed by atoms with Crippen LogP contribution in [0.1, 0.15) is 5.82 Å². The molecule has 2 aromatic rings. The Morgan fingerprint density at radius 1 is 1.33 bits per heavy atom. The highest BCUT2D eigenvalue weighted by molar-refractivity contribution is 7.90. The molecule has 0 spiro atoms. The van der Waals surface area contributed by atoms with E-state index >= 15 is 0 Å². The summed E-state index contributed by atoms with van der Waals surface area (Å²) in [6.07, 6.45) is 1.17. The molecule has 0 fully saturated rings. The van der Waals surface area contributed by atoms with Crippen LogP contribution in [0.5, 0.6) is 0 Å². The Balaban J connectivity index is 2.55. The van der Waals surface area contributed by atoms with Gasteiger partial charge in [0.1, 0.15) is 5.82 Å². The summed E-state index contributed by atoms with van der Waals surface area (Å²) in [6, 6.07) is 6.61. The summed E-state index contributed by atoms with van der Waals surface area (Å²) >= 11 is 0. The lowest BCUT2D eigenvalue weighted by molar-refractivity contribution is 0.602. The Kier molecular flexibility index (Phi) is 3.18. The average molecular weight is 266 g/mol. The van der Waals surface area contributed by atoms with Gasteiger partial charge in [-0.2, -0.15) is 0 Å². The zero-order valence-electron chi connectivity index (χ0n) is 10.2. The fourth-order valence-electron chi connectivity index (χ4n) is 1.66. The minimum absolute atomic E-state index is 0.261. The van der Waals surface area contributed by atoms with Crippen molar-refractivity contribution in [2.75, 3.05) is 6.26 Å². The Morgan fingerprint density at radius 3 is 2.61 bits per heavy atom. The van der Waals surface area contributed by atoms with Crippen LogP contribution in [-0.2, 0) is 23.4 Å². The highest BCUT2D eigenvalue weighted by atomic mass is 32.2. The molecule has 7 heteroatoms. The summed E-state index contributed by atoms with van der Waals surface area (Å²) in [7, 11) is -1.43. The van der Waals surface area contributed by atoms with E-state index in [1.165, 1.54) is 6.26 Å². The summed E-state index contributed by atoms with van der Waals surface area (Å²) in [6.45, 7) is 0.287. The van der Waals surface area contributed by atoms with E-state index in [1.54, 1.807) is 35.9 Å². The number of hydrogen-bond donors (Lipinski definition) is 1. The summed E-state index contributed by atoms with van der Waals surface area (Å²) in [4.78, 5) is 0.261. The number of benzene rings is 1. The molecule has 1 aromatic heterocycles. The van der Waals surface area contributed by atoms with Crippen LogP contribution in [0.3, 0.4) is 0 Å². The van der Waals surface area contributed by atoms with E-state index in [-0.39, 0.29) is 11.4 Å². The maximum atomic E-state index is 11.5. The first-order chi connectivity index (χ1) is 8.43. The van der Waals surface area contributed by atoms with Crippen molar-refractivity contribution in [3.05, 3.63) is 30.1 Å². The third-order valence-electron chi connectivity index (χ3n) is 2.67. The number of hydrogen-bond acceptors (Lipinski definition) is 5. The molecule has 0 atom stereocenters. The minimum Gasteiger partial charge on any atom is -0.324 e. The highest BCUT2D eigenvalue weighted by Crippen LogP contribution is 2.20. The molecule has 0 unspecified atom stereocenters. The summed E-state index contributed by atoms with van der Waals surface area (Å²) in [5, 5.41) is 7.96. The fourth-order valence-corrected chi connectivity index (χ4v) is 2.32. The van der Waals surface area contributed by atoms with Gasteiger partial charge in [-0.05, 0) is 12.1 Å². The maximum absolute atomic E-state index is 11.5. The van der Waals surface area contributed by atoms with Crippen LogP contribution < -0.4 is 5.73 Å². The van der Waals surface area contributed by atoms with Crippen LogP contribution >= 0.6 is 0 Å². The number of nitrogens with two attached hydrogens (primary N) is 1. The van der Waals surface area contributed by atoms with Gasteiger partial charge in [-0.15, -0.1) is 10.2 Å². The van der Waals surface area contributed by atoms with Crippen LogP contribution in [0.2, 0.25) is 0 Å². The lowest BCUT2D eigenvalue weighted by atomic mass is 10.2. The Labute approximate surface area is 105 Å². The second-order valence-corrected chi connectivity index (χ2v) is 6.02. The van der Waals surface area contributed by atoms with E-state index in [2.05, 4.69) is 10.2 Å². The number of rotatable bonds is 3. The summed E-state index contributed by atoms with van der Waals surface area (Å²) in [5.74, 6) is 1.25. The number of aromatic nitrogens is 3. The van der Waals surface area contributed by atoms with Crippen molar-refractivity contribution in [3.63, 3.8) is 0 Å². The van der Waals surface area contributed by atoms with Gasteiger partial charge >= 0.3 is 0 Å². The lowest BCUT2D eigenvalue weighted by Gasteiger charge is -2.04. The zero-order valence-corrected chi connectivity index (χ0v) is 11.0. The Bertz CT molecular complexity index is 676. The zero-order chi connectivity index (χ0) is 13.3. The van der Waals surface area contributed by atoms with Crippen LogP contribution in [0.4, 0.5) is 0 Å². The van der Waals surface area contributed by atoms with Gasteiger partial charge in [0.05, 0.1) is 11.4 Å². The van der Waals surface area contributed by atoms with E-state index < -0.39 is 9.84 Å². The minimum atomic E-state index is -3.23. The highest BCUT2D eigenvalue weighted by Gasteiger charge is 2.12. The quantitative estimate of drug-likeness (QED) is 0.865. The fraction of sp³-hybridized carbons (Fsp3) is 0.273. The van der Waals surface area contributed by atoms with Crippen LogP contribution in [0, 0.1) is 0 Å². The van der Waals surface area contributed by atoms with Gasteiger partial charge in [0.2, 0.25) is 0 Å². The molecule has 0 aliphatic heterocycles. The van der Waals surface area contributed by atoms with Gasteiger partial charge in [0.15, 0.2) is 15.7 Å². The SMILES string of the molecule is Cn1c(CN)nnc1-c1cccc(S(C)(=O)=O)c1. The predicted octanol–water partition coefficient (Wildman–Crippen LogP) is 0.344. The molecule has 2 rings (SSSR count). The molecule has 0 aliphatic carbocycles. The molecule has 6 nitrogen and oxygen atoms in total. The van der Waals surface area contributed by atoms with Crippen molar-refractivity contribution in [1.29, 1.82) is 0 Å². The average Bonchev–Trinajstić information content (AvgIpc) is 2.69. The first kappa shape index (κ1) is 12.7. The van der Waals surface area contributed by atoms with Crippen LogP contribution in [0.25, 0.3) is 11.4 Å². The second kappa shape index (κ2) is 4.51. The molecule has 1 aromatic carbocycles. The first-order valence-electron chi connectivity index (χ1n) is 5.32. The van der Waals surface area contributed by atoms with E-state index in [9.17, 15) is 8.42 Å². The molecule has 0 amide bonds. The molecule has 0 radical (unpaired) electrons. The molecule has 0 saturated heterocycles. The standard InChI is InChI=1S/C11H14N4O2S/c1-15-10(7-12)13-14-11(15)8-4-3-5-9(6-8)18(2,16)17/h3-6H,7,12H2,1-2H3. The second-order valence-electron chi connectivity index (χ2n) is 4.00. The first-order valence-corrected chi connectivity index (χ1v) is 7.21. The molecule has 18 heavy (non-hydrogen) atoms. The van der Waals surface area contributed by atoms with Gasteiger partial charge in [0, 0.05) is 18.9 Å². The molecule has 96 valence electrons. The van der Waals surface area contributed by atoms with Crippen molar-refractivity contribution >= 4 is 9.84 Å². The molecule has 2 N–H and O–H groups in total. The number of nitrogens with zero attached hydrogens (tertiary/aromatic N) is 3. The van der Waals surface area contributed by atoms with E-state index in [1.807, 2.05) is 0 Å². The maximum Gasteiger partial charge on any atom is 0.175 e. The van der Waals surface area contributed by atoms with Gasteiger partial charge in [0.25, 0.3) is 0 Å². The van der Waals surface area contributed by atoms with Crippen molar-refractivity contribution < 1.29 is 8.42 Å². The smallest absolute Gasteiger partial charge is 0.175 e. The third kappa shape index (κ3) is 2.27. The van der Waals surface area contributed by atoms with E-state index in [0.29, 0.717) is 17.2 Å². The van der Waals surface area contributed by atoms with Crippen molar-refractivity contribution in [2.45, 2.75) is 11.4 Å². The molecule has 0 saturated carbocycles. The van der Waals surface area contributed by atoms with Gasteiger partial charge in [-0.1, -0.05) is 12.1 Å². The Morgan fingerprint density at radius 2 is 2.06 bits per heavy atom. The summed E-state index contributed by atoms with van der Waals surface area (Å²) < 4.78 is 24.8. The van der Waals surface area contributed by atoms with E-state index in [4.69, 9.17) is 5.73 Å². The van der Waals surface area contributed by atoms with Crippen LogP contribution in [-0.4, -0.2) is 29.4 Å². The topological polar surface area (TPSA) is 90.9 Å². The van der Waals surface area contributed by atoms with Crippen molar-refractivity contribution in [1.82, 2.24) is 14.8 Å². The lowest BCUT2D eigenvalue weighted by Crippen LogP contribution is -2.05. The molecule has 0 aliphatic rings. The van der Waals surface area contributed by atoms with Crippen molar-refractivity contribution in [3.8, 4) is 11.4 Å².